The lowest BCUT2D eigenvalue weighted by atomic mass is 9.94. The molecule has 0 bridgehead atoms. The van der Waals surface area contributed by atoms with Gasteiger partial charge in [0.25, 0.3) is 0 Å². The number of nitrogens with one attached hydrogen (secondary N) is 2. The Morgan fingerprint density at radius 3 is 2.63 bits per heavy atom. The van der Waals surface area contributed by atoms with Crippen LogP contribution in [0.25, 0.3) is 5.82 Å². The molecular formula is C28H33BrClN5. The normalized spacial score (nSPS) is 19.5. The number of likely N-dealkylation sites (tertiary alicyclic amines) is 1. The van der Waals surface area contributed by atoms with Gasteiger partial charge in [-0.3, -0.25) is 0 Å². The van der Waals surface area contributed by atoms with Crippen LogP contribution >= 0.6 is 27.5 Å². The van der Waals surface area contributed by atoms with Crippen molar-refractivity contribution in [2.75, 3.05) is 31.5 Å². The van der Waals surface area contributed by atoms with Gasteiger partial charge >= 0.3 is 0 Å². The van der Waals surface area contributed by atoms with Crippen molar-refractivity contribution in [1.29, 1.82) is 0 Å². The number of hydrogen-bond donors (Lipinski definition) is 2. The van der Waals surface area contributed by atoms with Gasteiger partial charge in [-0.05, 0) is 89.9 Å². The number of benzene rings is 2. The summed E-state index contributed by atoms with van der Waals surface area (Å²) in [4.78, 5) is 2.63. The third kappa shape index (κ3) is 5.76. The van der Waals surface area contributed by atoms with Crippen molar-refractivity contribution in [2.45, 2.75) is 38.1 Å². The smallest absolute Gasteiger partial charge is 0.146 e. The molecule has 0 amide bonds. The number of rotatable bonds is 8. The van der Waals surface area contributed by atoms with Crippen molar-refractivity contribution in [1.82, 2.24) is 20.0 Å². The van der Waals surface area contributed by atoms with Gasteiger partial charge in [0, 0.05) is 11.6 Å². The fourth-order valence-electron chi connectivity index (χ4n) is 5.07. The van der Waals surface area contributed by atoms with Crippen LogP contribution in [0.3, 0.4) is 0 Å². The van der Waals surface area contributed by atoms with E-state index in [1.807, 2.05) is 29.1 Å². The fraction of sp³-hybridized carbons (Fsp3) is 0.393. The van der Waals surface area contributed by atoms with Crippen LogP contribution in [0.5, 0.6) is 0 Å². The zero-order valence-corrected chi connectivity index (χ0v) is 22.5. The number of hydrogen-bond acceptors (Lipinski definition) is 4. The summed E-state index contributed by atoms with van der Waals surface area (Å²) in [6.45, 7) is 6.82. The Hall–Kier alpha value is -2.28. The summed E-state index contributed by atoms with van der Waals surface area (Å²) in [5.74, 6) is 3.22. The number of nitrogens with zero attached hydrogens (tertiary/aromatic N) is 3. The first kappa shape index (κ1) is 24.4. The van der Waals surface area contributed by atoms with E-state index in [0.717, 1.165) is 33.2 Å². The van der Waals surface area contributed by atoms with Gasteiger partial charge < -0.3 is 15.5 Å². The Morgan fingerprint density at radius 1 is 1.11 bits per heavy atom. The molecule has 1 aromatic heterocycles. The largest absolute Gasteiger partial charge is 0.370 e. The van der Waals surface area contributed by atoms with Crippen molar-refractivity contribution in [2.24, 2.45) is 5.92 Å². The average molecular weight is 555 g/mol. The van der Waals surface area contributed by atoms with Gasteiger partial charge in [-0.25, -0.2) is 4.68 Å². The predicted octanol–water partition coefficient (Wildman–Crippen LogP) is 6.76. The summed E-state index contributed by atoms with van der Waals surface area (Å²) in [6.07, 6.45) is 7.69. The first-order chi connectivity index (χ1) is 17.1. The summed E-state index contributed by atoms with van der Waals surface area (Å²) in [5.41, 5.74) is 2.51. The molecule has 35 heavy (non-hydrogen) atoms. The maximum absolute atomic E-state index is 6.51. The van der Waals surface area contributed by atoms with Crippen LogP contribution in [0.15, 0.2) is 71.3 Å². The summed E-state index contributed by atoms with van der Waals surface area (Å²) in [5, 5.41) is 12.6. The standard InChI is InChI=1S/C28H33BrClN5/c1-20(22-7-3-2-4-8-22)11-14-34-15-12-21(13-16-34)18-31-27-17-26(23-9-5-6-10-25(23)30)33-28-24(29)19-32-35(27)28/h2-10,17,19-21,26,31,33H,11-16,18H2,1H3. The highest BCUT2D eigenvalue weighted by Crippen LogP contribution is 2.36. The minimum absolute atomic E-state index is 0.0137. The molecule has 0 saturated carbocycles. The lowest BCUT2D eigenvalue weighted by molar-refractivity contribution is 0.180. The van der Waals surface area contributed by atoms with E-state index < -0.39 is 0 Å². The van der Waals surface area contributed by atoms with E-state index in [1.165, 1.54) is 44.5 Å². The molecule has 2 aliphatic rings. The molecule has 1 saturated heterocycles. The van der Waals surface area contributed by atoms with Gasteiger partial charge in [-0.2, -0.15) is 5.10 Å². The molecule has 2 N–H and O–H groups in total. The zero-order chi connectivity index (χ0) is 24.2. The number of halogens is 2. The maximum Gasteiger partial charge on any atom is 0.146 e. The molecule has 3 aromatic rings. The van der Waals surface area contributed by atoms with Gasteiger partial charge in [-0.15, -0.1) is 0 Å². The maximum atomic E-state index is 6.51. The molecule has 2 atom stereocenters. The molecule has 0 radical (unpaired) electrons. The molecule has 5 rings (SSSR count). The Kier molecular flexibility index (Phi) is 7.81. The SMILES string of the molecule is CC(CCN1CCC(CNC2=CC(c3ccccc3Cl)Nc3c(Br)cnn32)CC1)c1ccccc1. The summed E-state index contributed by atoms with van der Waals surface area (Å²) in [7, 11) is 0. The lowest BCUT2D eigenvalue weighted by Crippen LogP contribution is -2.38. The predicted molar refractivity (Wildman–Crippen MR) is 149 cm³/mol. The van der Waals surface area contributed by atoms with Crippen molar-refractivity contribution in [3.8, 4) is 0 Å². The topological polar surface area (TPSA) is 45.1 Å². The lowest BCUT2D eigenvalue weighted by Gasteiger charge is -2.33. The Labute approximate surface area is 221 Å². The van der Waals surface area contributed by atoms with E-state index in [1.54, 1.807) is 0 Å². The van der Waals surface area contributed by atoms with Crippen molar-refractivity contribution < 1.29 is 0 Å². The van der Waals surface area contributed by atoms with Crippen LogP contribution in [0.1, 0.15) is 49.3 Å². The number of fused-ring (bicyclic) bond motifs is 1. The molecule has 1 fully saturated rings. The molecule has 184 valence electrons. The highest BCUT2D eigenvalue weighted by atomic mass is 79.9. The number of piperidine rings is 1. The molecule has 5 nitrogen and oxygen atoms in total. The second-order valence-electron chi connectivity index (χ2n) is 9.71. The fourth-order valence-corrected chi connectivity index (χ4v) is 5.70. The van der Waals surface area contributed by atoms with E-state index in [2.05, 4.69) is 86.0 Å². The monoisotopic (exact) mass is 553 g/mol. The summed E-state index contributed by atoms with van der Waals surface area (Å²) < 4.78 is 2.89. The van der Waals surface area contributed by atoms with Crippen LogP contribution in [0, 0.1) is 5.92 Å². The van der Waals surface area contributed by atoms with Crippen LogP contribution in [-0.2, 0) is 0 Å². The van der Waals surface area contributed by atoms with Gasteiger partial charge in [0.1, 0.15) is 11.6 Å². The second kappa shape index (κ2) is 11.2. The highest BCUT2D eigenvalue weighted by Gasteiger charge is 2.26. The first-order valence-corrected chi connectivity index (χ1v) is 13.7. The molecule has 7 heteroatoms. The molecule has 0 spiro atoms. The van der Waals surface area contributed by atoms with E-state index in [4.69, 9.17) is 11.6 Å². The third-order valence-electron chi connectivity index (χ3n) is 7.34. The minimum Gasteiger partial charge on any atom is -0.370 e. The zero-order valence-electron chi connectivity index (χ0n) is 20.1. The summed E-state index contributed by atoms with van der Waals surface area (Å²) >= 11 is 10.1. The Morgan fingerprint density at radius 2 is 1.86 bits per heavy atom. The Bertz CT molecular complexity index is 1150. The first-order valence-electron chi connectivity index (χ1n) is 12.6. The van der Waals surface area contributed by atoms with Crippen LogP contribution in [0.4, 0.5) is 5.82 Å². The second-order valence-corrected chi connectivity index (χ2v) is 11.0. The Balaban J connectivity index is 1.16. The molecule has 2 aromatic carbocycles. The molecule has 3 heterocycles. The molecular weight excluding hydrogens is 522 g/mol. The third-order valence-corrected chi connectivity index (χ3v) is 8.26. The van der Waals surface area contributed by atoms with Gasteiger partial charge in [0.2, 0.25) is 0 Å². The van der Waals surface area contributed by atoms with Gasteiger partial charge in [0.05, 0.1) is 16.7 Å². The minimum atomic E-state index is -0.0137. The van der Waals surface area contributed by atoms with E-state index >= 15 is 0 Å². The molecule has 2 unspecified atom stereocenters. The van der Waals surface area contributed by atoms with Crippen molar-refractivity contribution in [3.63, 3.8) is 0 Å². The van der Waals surface area contributed by atoms with E-state index in [0.29, 0.717) is 11.8 Å². The van der Waals surface area contributed by atoms with E-state index in [-0.39, 0.29) is 6.04 Å². The van der Waals surface area contributed by atoms with E-state index in [9.17, 15) is 0 Å². The van der Waals surface area contributed by atoms with Crippen molar-refractivity contribution in [3.05, 3.63) is 87.5 Å². The number of aromatic nitrogens is 2. The van der Waals surface area contributed by atoms with Gasteiger partial charge in [0.15, 0.2) is 0 Å². The van der Waals surface area contributed by atoms with Crippen molar-refractivity contribution >= 4 is 39.2 Å². The molecule has 2 aliphatic heterocycles. The highest BCUT2D eigenvalue weighted by molar-refractivity contribution is 9.10. The van der Waals surface area contributed by atoms with Gasteiger partial charge in [-0.1, -0.05) is 67.1 Å². The van der Waals surface area contributed by atoms with Crippen LogP contribution < -0.4 is 10.6 Å². The number of anilines is 1. The molecule has 0 aliphatic carbocycles. The van der Waals surface area contributed by atoms with Crippen LogP contribution in [-0.4, -0.2) is 40.9 Å². The average Bonchev–Trinajstić information content (AvgIpc) is 3.28. The summed E-state index contributed by atoms with van der Waals surface area (Å²) in [6, 6.07) is 18.9. The quantitative estimate of drug-likeness (QED) is 0.323. The van der Waals surface area contributed by atoms with Crippen LogP contribution in [0.2, 0.25) is 5.02 Å².